The van der Waals surface area contributed by atoms with Crippen LogP contribution in [0.25, 0.3) is 16.6 Å². The lowest BCUT2D eigenvalue weighted by molar-refractivity contribution is -0.148. The van der Waals surface area contributed by atoms with E-state index in [1.165, 1.54) is 36.5 Å². The van der Waals surface area contributed by atoms with Crippen LogP contribution in [0.2, 0.25) is 0 Å². The third-order valence-corrected chi connectivity index (χ3v) is 20.0. The van der Waals surface area contributed by atoms with Crippen LogP contribution in [-0.4, -0.2) is 154 Å². The van der Waals surface area contributed by atoms with E-state index in [4.69, 9.17) is 81.9 Å². The molecular formula is C81H90N18O14. The number of benzene rings is 6. The van der Waals surface area contributed by atoms with Crippen LogP contribution >= 0.6 is 0 Å². The van der Waals surface area contributed by atoms with Gasteiger partial charge in [-0.25, -0.2) is 34.4 Å². The number of anilines is 3. The van der Waals surface area contributed by atoms with E-state index in [0.717, 1.165) is 33.4 Å². The lowest BCUT2D eigenvalue weighted by Crippen LogP contribution is -2.47. The molecular weight excluding hydrogens is 1450 g/mol. The van der Waals surface area contributed by atoms with Gasteiger partial charge >= 0.3 is 0 Å². The summed E-state index contributed by atoms with van der Waals surface area (Å²) < 4.78 is 63.1. The molecule has 3 aliphatic rings. The first-order chi connectivity index (χ1) is 54.8. The molecule has 0 spiro atoms. The van der Waals surface area contributed by atoms with Crippen molar-refractivity contribution in [1.82, 2.24) is 43.8 Å². The molecule has 18 N–H and O–H groups in total. The number of aliphatic hydroxyl groups is 3. The molecule has 0 unspecified atom stereocenters. The zero-order valence-corrected chi connectivity index (χ0v) is 62.1. The minimum atomic E-state index is -1.67. The normalized spacial score (nSPS) is 23.2. The summed E-state index contributed by atoms with van der Waals surface area (Å²) in [5.41, 5.74) is 36.1. The molecule has 32 heteroatoms. The van der Waals surface area contributed by atoms with Gasteiger partial charge in [0.25, 0.3) is 0 Å². The molecule has 0 radical (unpaired) electrons. The van der Waals surface area contributed by atoms with Crippen LogP contribution in [0.1, 0.15) is 106 Å². The van der Waals surface area contributed by atoms with E-state index in [1.807, 2.05) is 196 Å². The summed E-state index contributed by atoms with van der Waals surface area (Å²) in [7, 11) is 0. The molecule has 3 aliphatic heterocycles. The topological polar surface area (TPSA) is 491 Å². The van der Waals surface area contributed by atoms with Gasteiger partial charge in [0.05, 0.1) is 87.7 Å². The van der Waals surface area contributed by atoms with Gasteiger partial charge in [-0.3, -0.25) is 5.41 Å². The number of nitriles is 1. The highest BCUT2D eigenvalue weighted by Crippen LogP contribution is 2.50. The maximum Gasteiger partial charge on any atom is 0.172 e. The number of nitrogens with two attached hydrogens (primary N) is 6. The Morgan fingerprint density at radius 2 is 0.841 bits per heavy atom. The van der Waals surface area contributed by atoms with E-state index in [2.05, 4.69) is 47.4 Å². The zero-order chi connectivity index (χ0) is 79.8. The molecule has 0 aliphatic carbocycles. The number of amidine groups is 2. The first-order valence-electron chi connectivity index (χ1n) is 36.1. The second kappa shape index (κ2) is 36.6. The highest BCUT2D eigenvalue weighted by atomic mass is 16.6. The Hall–Kier alpha value is -11.8. The fourth-order valence-electron chi connectivity index (χ4n) is 14.3. The SMILES string of the molecule is C[C@@]1(O)[C@H](O)[C@@H](CO)O[C@H]1c1cc(C(=N)N)c2c(N)ncnn12.C[C@@]1(OCc2ccccc2)[C@H](OCc2ccccc2)[C@@H](COCc2ccccc2)O[C@H]1c1cc(C#N)c2c(N)ncnn12.C[C@@]1(OCc2ccccc2)[C@H](OCc2ccccc2)[C@@H](COCc2ccccc2)O[C@H]1c1cc(C(N)=NO)c2c(N)ncnn12.NO. The minimum Gasteiger partial charge on any atom is -0.409 e. The number of hydrogen-bond acceptors (Lipinski definition) is 27. The molecule has 6 aromatic carbocycles. The number of aromatic nitrogens is 9. The molecule has 12 aromatic rings. The maximum atomic E-state index is 10.6. The Bertz CT molecular complexity index is 5190. The maximum absolute atomic E-state index is 10.6. The van der Waals surface area contributed by atoms with Crippen LogP contribution in [0, 0.1) is 16.7 Å². The van der Waals surface area contributed by atoms with Crippen LogP contribution in [0.15, 0.2) is 224 Å². The monoisotopic (exact) mass is 1540 g/mol. The highest BCUT2D eigenvalue weighted by Gasteiger charge is 2.59. The third kappa shape index (κ3) is 17.6. The number of aliphatic hydroxyl groups excluding tert-OH is 2. The van der Waals surface area contributed by atoms with Crippen LogP contribution in [0.4, 0.5) is 17.5 Å². The first kappa shape index (κ1) is 80.8. The summed E-state index contributed by atoms with van der Waals surface area (Å²) in [4.78, 5) is 12.1. The van der Waals surface area contributed by atoms with E-state index in [9.17, 15) is 25.8 Å². The second-order valence-electron chi connectivity index (χ2n) is 27.5. The Balaban J connectivity index is 0.000000163. The fraction of sp³-hybridized carbons (Fsp3) is 0.296. The van der Waals surface area contributed by atoms with Crippen molar-refractivity contribution in [3.8, 4) is 6.07 Å². The number of hydrogen-bond donors (Lipinski definition) is 12. The molecule has 12 atom stereocenters. The number of nitrogen functional groups attached to an aromatic ring is 4. The molecule has 588 valence electrons. The molecule has 0 saturated carbocycles. The smallest absolute Gasteiger partial charge is 0.172 e. The average molecular weight is 1540 g/mol. The summed E-state index contributed by atoms with van der Waals surface area (Å²) in [5.74, 6) is 3.62. The van der Waals surface area contributed by atoms with Crippen molar-refractivity contribution in [2.24, 2.45) is 22.5 Å². The van der Waals surface area contributed by atoms with Gasteiger partial charge in [0.2, 0.25) is 0 Å². The fourth-order valence-corrected chi connectivity index (χ4v) is 14.3. The van der Waals surface area contributed by atoms with Gasteiger partial charge in [-0.2, -0.15) is 20.6 Å². The standard InChI is InChI=1S/C34H36N6O5.C34H33N5O4.C13H18N6O4.H3NO/c1-34(44-20-25-15-9-4-10-16-25)30(27-17-26(32(35)39-41)29-33(36)37-22-38-40(27)29)45-28(21-42-18-23-11-5-2-6-12-23)31(34)43-19-24-13-7-3-8-14-24;1-34(42-21-26-15-9-4-10-16-26)31(28-17-27(18-35)30-33(36)37-23-38-39(28)30)43-29(22-40-19-24-11-5-2-6-12-24)32(34)41-20-25-13-7-3-8-14-25;1-13(22)9(21)7(3-20)23-10(13)6-2-5(11(14)15)8-12(16)17-4-18-19(6)8;1-2/h2-17,22,28,30-31,41H,18-21H2,1H3,(H2,35,39)(H2,36,37,38);2-17,23,29,31-32H,19-22H2,1H3,(H2,36,37,38);2,4,7,9-10,20-22H,3H2,1H3,(H3,14,15)(H2,16,17,18);2H,1H2/t28-,30+,31-,34+;29-,31+,32-,34+;7-,9-,10+,13-;/m111./s1. The van der Waals surface area contributed by atoms with E-state index in [1.54, 1.807) is 21.2 Å². The van der Waals surface area contributed by atoms with E-state index in [-0.39, 0.29) is 42.3 Å². The zero-order valence-electron chi connectivity index (χ0n) is 62.1. The first-order valence-corrected chi connectivity index (χ1v) is 36.1. The van der Waals surface area contributed by atoms with Gasteiger partial charge < -0.3 is 97.0 Å². The van der Waals surface area contributed by atoms with E-state index >= 15 is 0 Å². The second-order valence-corrected chi connectivity index (χ2v) is 27.5. The Morgan fingerprint density at radius 3 is 1.21 bits per heavy atom. The molecule has 0 bridgehead atoms. The van der Waals surface area contributed by atoms with Crippen molar-refractivity contribution >= 4 is 45.7 Å². The molecule has 6 aromatic heterocycles. The van der Waals surface area contributed by atoms with Gasteiger partial charge in [-0.1, -0.05) is 187 Å². The molecule has 3 fully saturated rings. The summed E-state index contributed by atoms with van der Waals surface area (Å²) in [5, 5.41) is 79.9. The number of ether oxygens (including phenoxy) is 9. The Labute approximate surface area is 649 Å². The van der Waals surface area contributed by atoms with Gasteiger partial charge in [-0.05, 0) is 72.4 Å². The number of oxime groups is 1. The molecule has 113 heavy (non-hydrogen) atoms. The predicted molar refractivity (Wildman–Crippen MR) is 414 cm³/mol. The van der Waals surface area contributed by atoms with Crippen molar-refractivity contribution in [2.75, 3.05) is 37.0 Å². The lowest BCUT2D eigenvalue weighted by atomic mass is 9.90. The Kier molecular flexibility index (Phi) is 26.2. The number of fused-ring (bicyclic) bond motifs is 3. The summed E-state index contributed by atoms with van der Waals surface area (Å²) in [6, 6.07) is 67.0. The molecule has 0 amide bonds. The van der Waals surface area contributed by atoms with Gasteiger partial charge in [0.15, 0.2) is 23.3 Å². The van der Waals surface area contributed by atoms with Gasteiger partial charge in [-0.15, -0.1) is 0 Å². The largest absolute Gasteiger partial charge is 0.409 e. The average Bonchev–Trinajstić information content (AvgIpc) is 1.58. The number of nitrogens with zero attached hydrogens (tertiary/aromatic N) is 11. The predicted octanol–water partition coefficient (Wildman–Crippen LogP) is 7.50. The molecule has 32 nitrogen and oxygen atoms in total. The van der Waals surface area contributed by atoms with Crippen LogP contribution in [0.5, 0.6) is 0 Å². The van der Waals surface area contributed by atoms with Gasteiger partial charge in [0.1, 0.15) is 119 Å². The summed E-state index contributed by atoms with van der Waals surface area (Å²) >= 11 is 0. The minimum absolute atomic E-state index is 0.119. The Morgan fingerprint density at radius 1 is 0.504 bits per heavy atom. The van der Waals surface area contributed by atoms with Crippen molar-refractivity contribution in [2.45, 2.75) is 132 Å². The quantitative estimate of drug-likeness (QED) is 0.0108. The van der Waals surface area contributed by atoms with Crippen molar-refractivity contribution in [3.63, 3.8) is 0 Å². The molecule has 3 saturated heterocycles. The molecule has 15 rings (SSSR count). The van der Waals surface area contributed by atoms with Gasteiger partial charge in [0, 0.05) is 5.56 Å². The van der Waals surface area contributed by atoms with Crippen LogP contribution in [-0.2, 0) is 82.3 Å². The number of rotatable bonds is 26. The van der Waals surface area contributed by atoms with Crippen LogP contribution in [0.3, 0.4) is 0 Å². The summed E-state index contributed by atoms with van der Waals surface area (Å²) in [6.07, 6.45) is -2.81. The summed E-state index contributed by atoms with van der Waals surface area (Å²) in [6.45, 7) is 7.56. The number of nitrogens with one attached hydrogen (secondary N) is 1. The molecule has 9 heterocycles. The van der Waals surface area contributed by atoms with Crippen molar-refractivity contribution in [3.05, 3.63) is 286 Å². The lowest BCUT2D eigenvalue weighted by Gasteiger charge is -2.35. The third-order valence-electron chi connectivity index (χ3n) is 20.0. The van der Waals surface area contributed by atoms with Crippen molar-refractivity contribution < 1.29 is 68.4 Å². The van der Waals surface area contributed by atoms with Crippen LogP contribution < -0.4 is 34.6 Å². The van der Waals surface area contributed by atoms with E-state index in [0.29, 0.717) is 90.0 Å². The van der Waals surface area contributed by atoms with E-state index < -0.39 is 78.3 Å². The highest BCUT2D eigenvalue weighted by molar-refractivity contribution is 6.06. The van der Waals surface area contributed by atoms with Crippen molar-refractivity contribution in [1.29, 1.82) is 10.7 Å².